The number of benzene rings is 2. The van der Waals surface area contributed by atoms with Gasteiger partial charge in [-0.2, -0.15) is 5.26 Å². The number of nitriles is 1. The quantitative estimate of drug-likeness (QED) is 0.406. The Labute approximate surface area is 188 Å². The molecule has 2 rings (SSSR count). The molecular weight excluding hydrogens is 384 g/mol. The van der Waals surface area contributed by atoms with Crippen LogP contribution in [0.25, 0.3) is 0 Å². The van der Waals surface area contributed by atoms with Gasteiger partial charge in [0.25, 0.3) is 0 Å². The molecule has 168 valence electrons. The molecule has 31 heavy (non-hydrogen) atoms. The van der Waals surface area contributed by atoms with Crippen molar-refractivity contribution in [3.05, 3.63) is 59.7 Å². The van der Waals surface area contributed by atoms with Crippen LogP contribution in [0.15, 0.2) is 48.5 Å². The maximum Gasteiger partial charge on any atom is 0.119 e. The third-order valence-corrected chi connectivity index (χ3v) is 5.95. The molecule has 1 atom stereocenters. The second-order valence-corrected chi connectivity index (χ2v) is 8.44. The Kier molecular flexibility index (Phi) is 9.88. The number of nitrogens with zero attached hydrogens (tertiary/aromatic N) is 2. The minimum absolute atomic E-state index is 0.223. The fourth-order valence-electron chi connectivity index (χ4n) is 4.06. The molecule has 2 aromatic carbocycles. The summed E-state index contributed by atoms with van der Waals surface area (Å²) in [5.41, 5.74) is 1.85. The Balaban J connectivity index is 1.96. The smallest absolute Gasteiger partial charge is 0.119 e. The molecule has 0 saturated heterocycles. The summed E-state index contributed by atoms with van der Waals surface area (Å²) in [7, 11) is 2.16. The van der Waals surface area contributed by atoms with Crippen LogP contribution < -0.4 is 9.47 Å². The average molecular weight is 423 g/mol. The first-order chi connectivity index (χ1) is 14.9. The lowest BCUT2D eigenvalue weighted by atomic mass is 9.70. The first kappa shape index (κ1) is 24.8. The van der Waals surface area contributed by atoms with E-state index in [-0.39, 0.29) is 5.92 Å². The predicted molar refractivity (Wildman–Crippen MR) is 128 cm³/mol. The lowest BCUT2D eigenvalue weighted by Gasteiger charge is -2.32. The highest BCUT2D eigenvalue weighted by Gasteiger charge is 2.35. The van der Waals surface area contributed by atoms with Crippen LogP contribution in [0, 0.1) is 17.2 Å². The molecule has 0 bridgehead atoms. The van der Waals surface area contributed by atoms with Gasteiger partial charge in [-0.05, 0) is 88.0 Å². The number of ether oxygens (including phenoxy) is 2. The molecular formula is C27H38N2O2. The highest BCUT2D eigenvalue weighted by molar-refractivity contribution is 5.39. The minimum Gasteiger partial charge on any atom is -0.494 e. The van der Waals surface area contributed by atoms with E-state index >= 15 is 0 Å². The van der Waals surface area contributed by atoms with Crippen molar-refractivity contribution in [1.82, 2.24) is 4.90 Å². The third kappa shape index (κ3) is 7.01. The van der Waals surface area contributed by atoms with E-state index in [0.717, 1.165) is 49.4 Å². The predicted octanol–water partition coefficient (Wildman–Crippen LogP) is 5.86. The molecule has 0 radical (unpaired) electrons. The van der Waals surface area contributed by atoms with Crippen LogP contribution in [0.1, 0.15) is 51.7 Å². The van der Waals surface area contributed by atoms with Crippen molar-refractivity contribution in [1.29, 1.82) is 5.26 Å². The molecule has 1 unspecified atom stereocenters. The highest BCUT2D eigenvalue weighted by Crippen LogP contribution is 2.38. The number of hydrogen-bond donors (Lipinski definition) is 0. The molecule has 0 spiro atoms. The molecule has 0 aromatic heterocycles. The molecule has 0 aliphatic carbocycles. The molecule has 0 saturated carbocycles. The van der Waals surface area contributed by atoms with Gasteiger partial charge in [-0.1, -0.05) is 38.1 Å². The molecule has 0 aliphatic rings. The van der Waals surface area contributed by atoms with E-state index in [1.54, 1.807) is 0 Å². The topological polar surface area (TPSA) is 45.5 Å². The van der Waals surface area contributed by atoms with Crippen LogP contribution in [-0.2, 0) is 11.8 Å². The van der Waals surface area contributed by atoms with Gasteiger partial charge in [-0.15, -0.1) is 0 Å². The largest absolute Gasteiger partial charge is 0.494 e. The third-order valence-electron chi connectivity index (χ3n) is 5.95. The maximum atomic E-state index is 10.2. The van der Waals surface area contributed by atoms with Crippen molar-refractivity contribution in [2.45, 2.75) is 52.4 Å². The van der Waals surface area contributed by atoms with E-state index < -0.39 is 5.41 Å². The summed E-state index contributed by atoms with van der Waals surface area (Å²) < 4.78 is 11.3. The fraction of sp³-hybridized carbons (Fsp3) is 0.519. The molecule has 0 heterocycles. The molecule has 4 heteroatoms. The van der Waals surface area contributed by atoms with E-state index in [2.05, 4.69) is 56.1 Å². The van der Waals surface area contributed by atoms with Gasteiger partial charge in [-0.3, -0.25) is 0 Å². The van der Waals surface area contributed by atoms with Crippen molar-refractivity contribution in [2.24, 2.45) is 5.92 Å². The summed E-state index contributed by atoms with van der Waals surface area (Å²) in [5.74, 6) is 2.00. The van der Waals surface area contributed by atoms with Gasteiger partial charge in [0, 0.05) is 6.54 Å². The average Bonchev–Trinajstić information content (AvgIpc) is 2.76. The van der Waals surface area contributed by atoms with Gasteiger partial charge >= 0.3 is 0 Å². The van der Waals surface area contributed by atoms with Gasteiger partial charge in [0.15, 0.2) is 0 Å². The van der Waals surface area contributed by atoms with Crippen LogP contribution >= 0.6 is 0 Å². The van der Waals surface area contributed by atoms with Crippen LogP contribution in [-0.4, -0.2) is 38.3 Å². The van der Waals surface area contributed by atoms with Gasteiger partial charge < -0.3 is 14.4 Å². The number of hydrogen-bond acceptors (Lipinski definition) is 4. The van der Waals surface area contributed by atoms with Crippen molar-refractivity contribution in [3.8, 4) is 17.6 Å². The molecule has 0 amide bonds. The van der Waals surface area contributed by atoms with Gasteiger partial charge in [0.05, 0.1) is 24.7 Å². The molecule has 0 aliphatic heterocycles. The second-order valence-electron chi connectivity index (χ2n) is 8.44. The Morgan fingerprint density at radius 1 is 0.968 bits per heavy atom. The van der Waals surface area contributed by atoms with Crippen molar-refractivity contribution < 1.29 is 9.47 Å². The Morgan fingerprint density at radius 2 is 1.61 bits per heavy atom. The lowest BCUT2D eigenvalue weighted by molar-refractivity contribution is 0.292. The molecule has 0 fully saturated rings. The Hall–Kier alpha value is -2.51. The van der Waals surface area contributed by atoms with Crippen LogP contribution in [0.2, 0.25) is 0 Å². The SMILES string of the molecule is CCOc1cccc(CCN(C)CCCC(C#N)(c2cccc(OCC)c2)C(C)C)c1. The van der Waals surface area contributed by atoms with Crippen LogP contribution in [0.5, 0.6) is 11.5 Å². The first-order valence-electron chi connectivity index (χ1n) is 11.5. The van der Waals surface area contributed by atoms with E-state index in [1.165, 1.54) is 5.56 Å². The molecule has 4 nitrogen and oxygen atoms in total. The Bertz CT molecular complexity index is 843. The van der Waals surface area contributed by atoms with E-state index in [9.17, 15) is 5.26 Å². The zero-order valence-corrected chi connectivity index (χ0v) is 19.9. The summed E-state index contributed by atoms with van der Waals surface area (Å²) in [6.45, 7) is 11.5. The van der Waals surface area contributed by atoms with Crippen LogP contribution in [0.4, 0.5) is 0 Å². The van der Waals surface area contributed by atoms with Gasteiger partial charge in [0.2, 0.25) is 0 Å². The van der Waals surface area contributed by atoms with E-state index in [0.29, 0.717) is 13.2 Å². The standard InChI is InChI=1S/C27H38N2O2/c1-6-30-25-13-8-11-23(19-25)15-18-29(5)17-10-16-27(21-28,22(3)4)24-12-9-14-26(20-24)31-7-2/h8-9,11-14,19-20,22H,6-7,10,15-18H2,1-5H3. The second kappa shape index (κ2) is 12.4. The summed E-state index contributed by atoms with van der Waals surface area (Å²) >= 11 is 0. The minimum atomic E-state index is -0.500. The normalized spacial score (nSPS) is 13.1. The summed E-state index contributed by atoms with van der Waals surface area (Å²) in [4.78, 5) is 2.35. The van der Waals surface area contributed by atoms with Crippen LogP contribution in [0.3, 0.4) is 0 Å². The summed E-state index contributed by atoms with van der Waals surface area (Å²) in [6.07, 6.45) is 2.79. The summed E-state index contributed by atoms with van der Waals surface area (Å²) in [6, 6.07) is 19.1. The zero-order chi connectivity index (χ0) is 22.7. The fourth-order valence-corrected chi connectivity index (χ4v) is 4.06. The van der Waals surface area contributed by atoms with Crippen molar-refractivity contribution in [3.63, 3.8) is 0 Å². The molecule has 2 aromatic rings. The van der Waals surface area contributed by atoms with Crippen molar-refractivity contribution in [2.75, 3.05) is 33.4 Å². The lowest BCUT2D eigenvalue weighted by Crippen LogP contribution is -2.32. The number of rotatable bonds is 13. The monoisotopic (exact) mass is 422 g/mol. The van der Waals surface area contributed by atoms with E-state index in [1.807, 2.05) is 38.1 Å². The number of likely N-dealkylation sites (N-methyl/N-ethyl adjacent to an activating group) is 1. The van der Waals surface area contributed by atoms with Crippen molar-refractivity contribution >= 4 is 0 Å². The summed E-state index contributed by atoms with van der Waals surface area (Å²) in [5, 5.41) is 10.2. The molecule has 0 N–H and O–H groups in total. The zero-order valence-electron chi connectivity index (χ0n) is 19.9. The van der Waals surface area contributed by atoms with E-state index in [4.69, 9.17) is 9.47 Å². The first-order valence-corrected chi connectivity index (χ1v) is 11.5. The Morgan fingerprint density at radius 3 is 2.23 bits per heavy atom. The van der Waals surface area contributed by atoms with Gasteiger partial charge in [0.1, 0.15) is 11.5 Å². The highest BCUT2D eigenvalue weighted by atomic mass is 16.5. The maximum absolute atomic E-state index is 10.2. The van der Waals surface area contributed by atoms with Gasteiger partial charge in [-0.25, -0.2) is 0 Å².